The minimum atomic E-state index is -3.93. The lowest BCUT2D eigenvalue weighted by molar-refractivity contribution is 0.599. The van der Waals surface area contributed by atoms with E-state index < -0.39 is 15.8 Å². The molecule has 1 aromatic heterocycles. The summed E-state index contributed by atoms with van der Waals surface area (Å²) in [6, 6.07) is 3.20. The van der Waals surface area contributed by atoms with Crippen LogP contribution in [0, 0.1) is 19.7 Å². The number of rotatable bonds is 4. The van der Waals surface area contributed by atoms with Gasteiger partial charge >= 0.3 is 0 Å². The highest BCUT2D eigenvalue weighted by molar-refractivity contribution is 7.92. The highest BCUT2D eigenvalue weighted by atomic mass is 35.5. The summed E-state index contributed by atoms with van der Waals surface area (Å²) >= 11 is 5.64. The molecule has 0 radical (unpaired) electrons. The third-order valence-corrected chi connectivity index (χ3v) is 4.73. The molecule has 23 heavy (non-hydrogen) atoms. The minimum absolute atomic E-state index is 0.139. The zero-order valence-corrected chi connectivity index (χ0v) is 14.6. The summed E-state index contributed by atoms with van der Waals surface area (Å²) in [5.41, 5.74) is 1.26. The molecule has 124 valence electrons. The summed E-state index contributed by atoms with van der Waals surface area (Å²) in [5, 5.41) is -0.263. The fraction of sp³-hybridized carbons (Fsp3) is 0.286. The standard InChI is InChI=1S/C14H16ClFN4O2S/c1-8-13(9(2)18-14(17-8)20(3)4)19-23(21,22)10-5-6-12(16)11(15)7-10/h5-7,19H,1-4H3. The predicted molar refractivity (Wildman–Crippen MR) is 88.1 cm³/mol. The van der Waals surface area contributed by atoms with Crippen molar-refractivity contribution in [3.8, 4) is 0 Å². The number of sulfonamides is 1. The smallest absolute Gasteiger partial charge is 0.262 e. The van der Waals surface area contributed by atoms with E-state index in [2.05, 4.69) is 14.7 Å². The highest BCUT2D eigenvalue weighted by Gasteiger charge is 2.20. The van der Waals surface area contributed by atoms with Crippen molar-refractivity contribution in [1.82, 2.24) is 9.97 Å². The molecule has 1 heterocycles. The van der Waals surface area contributed by atoms with Gasteiger partial charge in [-0.15, -0.1) is 0 Å². The van der Waals surface area contributed by atoms with Gasteiger partial charge in [0, 0.05) is 14.1 Å². The average Bonchev–Trinajstić information content (AvgIpc) is 2.45. The number of aromatic nitrogens is 2. The maximum atomic E-state index is 13.2. The van der Waals surface area contributed by atoms with Crippen LogP contribution in [0.25, 0.3) is 0 Å². The van der Waals surface area contributed by atoms with Gasteiger partial charge in [-0.1, -0.05) is 11.6 Å². The topological polar surface area (TPSA) is 75.2 Å². The number of halogens is 2. The first-order chi connectivity index (χ1) is 10.6. The van der Waals surface area contributed by atoms with Crippen molar-refractivity contribution >= 4 is 33.3 Å². The molecule has 0 saturated heterocycles. The van der Waals surface area contributed by atoms with Crippen LogP contribution in [0.5, 0.6) is 0 Å². The van der Waals surface area contributed by atoms with E-state index in [9.17, 15) is 12.8 Å². The molecule has 0 aliphatic rings. The molecule has 1 aromatic carbocycles. The molecule has 1 N–H and O–H groups in total. The Morgan fingerprint density at radius 2 is 1.74 bits per heavy atom. The van der Waals surface area contributed by atoms with Crippen molar-refractivity contribution < 1.29 is 12.8 Å². The summed E-state index contributed by atoms with van der Waals surface area (Å²) in [5.74, 6) is -0.204. The Kier molecular flexibility index (Phi) is 4.76. The van der Waals surface area contributed by atoms with Gasteiger partial charge in [0.15, 0.2) is 0 Å². The molecular weight excluding hydrogens is 343 g/mol. The van der Waals surface area contributed by atoms with Gasteiger partial charge in [-0.2, -0.15) is 0 Å². The lowest BCUT2D eigenvalue weighted by Crippen LogP contribution is -2.19. The van der Waals surface area contributed by atoms with Crippen molar-refractivity contribution in [3.63, 3.8) is 0 Å². The molecule has 0 fully saturated rings. The molecule has 0 aliphatic heterocycles. The van der Waals surface area contributed by atoms with E-state index in [1.54, 1.807) is 32.8 Å². The van der Waals surface area contributed by atoms with Gasteiger partial charge < -0.3 is 4.90 Å². The molecule has 2 aromatic rings. The van der Waals surface area contributed by atoms with Gasteiger partial charge in [-0.25, -0.2) is 22.8 Å². The first kappa shape index (κ1) is 17.4. The van der Waals surface area contributed by atoms with E-state index in [-0.39, 0.29) is 15.6 Å². The Balaban J connectivity index is 2.43. The van der Waals surface area contributed by atoms with Gasteiger partial charge in [0.1, 0.15) is 5.82 Å². The maximum absolute atomic E-state index is 13.2. The molecule has 0 saturated carbocycles. The van der Waals surface area contributed by atoms with Crippen LogP contribution in [0.2, 0.25) is 5.02 Å². The summed E-state index contributed by atoms with van der Waals surface area (Å²) in [6.07, 6.45) is 0. The van der Waals surface area contributed by atoms with Gasteiger partial charge in [0.2, 0.25) is 5.95 Å². The van der Waals surface area contributed by atoms with Gasteiger partial charge in [-0.05, 0) is 32.0 Å². The Morgan fingerprint density at radius 1 is 1.17 bits per heavy atom. The van der Waals surface area contributed by atoms with Crippen molar-refractivity contribution in [2.24, 2.45) is 0 Å². The Hall–Kier alpha value is -1.93. The second-order valence-electron chi connectivity index (χ2n) is 5.15. The normalized spacial score (nSPS) is 11.4. The molecular formula is C14H16ClFN4O2S. The third kappa shape index (κ3) is 3.70. The number of nitrogens with zero attached hydrogens (tertiary/aromatic N) is 3. The third-order valence-electron chi connectivity index (χ3n) is 3.10. The number of aryl methyl sites for hydroxylation is 2. The van der Waals surface area contributed by atoms with E-state index in [1.165, 1.54) is 0 Å². The first-order valence-corrected chi connectivity index (χ1v) is 8.48. The van der Waals surface area contributed by atoms with Crippen LogP contribution in [-0.4, -0.2) is 32.5 Å². The Labute approximate surface area is 139 Å². The van der Waals surface area contributed by atoms with E-state index in [0.717, 1.165) is 18.2 Å². The van der Waals surface area contributed by atoms with Crippen molar-refractivity contribution in [3.05, 3.63) is 40.4 Å². The molecule has 0 amide bonds. The fourth-order valence-corrected chi connectivity index (χ4v) is 3.33. The monoisotopic (exact) mass is 358 g/mol. The summed E-state index contributed by atoms with van der Waals surface area (Å²) in [7, 11) is -0.345. The quantitative estimate of drug-likeness (QED) is 0.909. The lowest BCUT2D eigenvalue weighted by Gasteiger charge is -2.16. The molecule has 9 heteroatoms. The minimum Gasteiger partial charge on any atom is -0.347 e. The molecule has 0 aliphatic carbocycles. The van der Waals surface area contributed by atoms with Crippen LogP contribution in [0.15, 0.2) is 23.1 Å². The zero-order chi connectivity index (χ0) is 17.4. The van der Waals surface area contributed by atoms with Crippen molar-refractivity contribution in [2.75, 3.05) is 23.7 Å². The van der Waals surface area contributed by atoms with Crippen LogP contribution in [0.4, 0.5) is 16.0 Å². The van der Waals surface area contributed by atoms with Crippen LogP contribution in [0.1, 0.15) is 11.4 Å². The molecule has 6 nitrogen and oxygen atoms in total. The lowest BCUT2D eigenvalue weighted by atomic mass is 10.3. The maximum Gasteiger partial charge on any atom is 0.262 e. The summed E-state index contributed by atoms with van der Waals surface area (Å²) in [4.78, 5) is 10.1. The zero-order valence-electron chi connectivity index (χ0n) is 13.1. The molecule has 2 rings (SSSR count). The SMILES string of the molecule is Cc1nc(N(C)C)nc(C)c1NS(=O)(=O)c1ccc(F)c(Cl)c1. The summed E-state index contributed by atoms with van der Waals surface area (Å²) in [6.45, 7) is 3.36. The second kappa shape index (κ2) is 6.29. The first-order valence-electron chi connectivity index (χ1n) is 6.62. The molecule has 0 unspecified atom stereocenters. The predicted octanol–water partition coefficient (Wildman–Crippen LogP) is 2.75. The fourth-order valence-electron chi connectivity index (χ4n) is 1.88. The van der Waals surface area contributed by atoms with Crippen molar-refractivity contribution in [1.29, 1.82) is 0 Å². The average molecular weight is 359 g/mol. The summed E-state index contributed by atoms with van der Waals surface area (Å²) < 4.78 is 40.5. The molecule has 0 spiro atoms. The highest BCUT2D eigenvalue weighted by Crippen LogP contribution is 2.25. The number of hydrogen-bond donors (Lipinski definition) is 1. The number of anilines is 2. The number of nitrogens with one attached hydrogen (secondary N) is 1. The molecule has 0 atom stereocenters. The van der Waals surface area contributed by atoms with Gasteiger partial charge in [-0.3, -0.25) is 4.72 Å². The van der Waals surface area contributed by atoms with E-state index in [1.807, 2.05) is 0 Å². The van der Waals surface area contributed by atoms with Crippen LogP contribution in [-0.2, 0) is 10.0 Å². The second-order valence-corrected chi connectivity index (χ2v) is 7.23. The largest absolute Gasteiger partial charge is 0.347 e. The Morgan fingerprint density at radius 3 is 2.22 bits per heavy atom. The van der Waals surface area contributed by atoms with E-state index in [4.69, 9.17) is 11.6 Å². The van der Waals surface area contributed by atoms with E-state index in [0.29, 0.717) is 17.3 Å². The molecule has 0 bridgehead atoms. The number of benzene rings is 1. The van der Waals surface area contributed by atoms with E-state index >= 15 is 0 Å². The number of hydrogen-bond acceptors (Lipinski definition) is 5. The van der Waals surface area contributed by atoms with Gasteiger partial charge in [0.05, 0.1) is 27.0 Å². The van der Waals surface area contributed by atoms with Crippen LogP contribution in [0.3, 0.4) is 0 Å². The van der Waals surface area contributed by atoms with Crippen LogP contribution >= 0.6 is 11.6 Å². The van der Waals surface area contributed by atoms with Crippen molar-refractivity contribution in [2.45, 2.75) is 18.7 Å². The van der Waals surface area contributed by atoms with Crippen LogP contribution < -0.4 is 9.62 Å². The van der Waals surface area contributed by atoms with Gasteiger partial charge in [0.25, 0.3) is 10.0 Å². The Bertz CT molecular complexity index is 833.